The van der Waals surface area contributed by atoms with Gasteiger partial charge in [0, 0.05) is 37.2 Å². The number of aliphatic carboxylic acids is 1. The number of carboxylic acid groups (broad SMARTS) is 1. The Labute approximate surface area is 151 Å². The van der Waals surface area contributed by atoms with Crippen LogP contribution < -0.4 is 10.2 Å². The van der Waals surface area contributed by atoms with Crippen molar-refractivity contribution in [3.05, 3.63) is 59.9 Å². The molecule has 2 N–H and O–H groups in total. The predicted octanol–water partition coefficient (Wildman–Crippen LogP) is 2.09. The standard InChI is InChI=1S/C19H21N3O4/c1-19(2,18(25)26)17(24)21-12-13-4-6-15(7-5-13)22(3)16(23)14-8-10-20-11-9-14/h4-11H,12H2,1-3H3,(H,21,24)(H,25,26). The van der Waals surface area contributed by atoms with Crippen LogP contribution in [0, 0.1) is 5.41 Å². The highest BCUT2D eigenvalue weighted by Gasteiger charge is 2.35. The molecule has 0 unspecified atom stereocenters. The molecule has 1 aromatic heterocycles. The Kier molecular flexibility index (Phi) is 5.71. The smallest absolute Gasteiger partial charge is 0.318 e. The second-order valence-corrected chi connectivity index (χ2v) is 6.38. The van der Waals surface area contributed by atoms with Crippen molar-refractivity contribution in [1.29, 1.82) is 0 Å². The summed E-state index contributed by atoms with van der Waals surface area (Å²) < 4.78 is 0. The molecule has 7 nitrogen and oxygen atoms in total. The topological polar surface area (TPSA) is 99.6 Å². The van der Waals surface area contributed by atoms with E-state index in [1.54, 1.807) is 55.8 Å². The van der Waals surface area contributed by atoms with Crippen LogP contribution in [0.2, 0.25) is 0 Å². The number of benzene rings is 1. The summed E-state index contributed by atoms with van der Waals surface area (Å²) in [5, 5.41) is 11.7. The highest BCUT2D eigenvalue weighted by molar-refractivity contribution is 6.05. The molecule has 0 spiro atoms. The van der Waals surface area contributed by atoms with Gasteiger partial charge in [0.05, 0.1) is 0 Å². The minimum absolute atomic E-state index is 0.156. The van der Waals surface area contributed by atoms with E-state index in [0.717, 1.165) is 5.56 Å². The van der Waals surface area contributed by atoms with E-state index in [2.05, 4.69) is 10.3 Å². The Morgan fingerprint density at radius 2 is 1.65 bits per heavy atom. The Morgan fingerprint density at radius 3 is 2.19 bits per heavy atom. The lowest BCUT2D eigenvalue weighted by atomic mass is 9.92. The normalized spacial score (nSPS) is 10.9. The van der Waals surface area contributed by atoms with Gasteiger partial charge in [0.1, 0.15) is 5.41 Å². The van der Waals surface area contributed by atoms with Crippen molar-refractivity contribution in [3.63, 3.8) is 0 Å². The molecule has 0 aliphatic rings. The highest BCUT2D eigenvalue weighted by Crippen LogP contribution is 2.18. The molecule has 1 aromatic carbocycles. The molecule has 0 aliphatic carbocycles. The van der Waals surface area contributed by atoms with Gasteiger partial charge in [-0.05, 0) is 43.7 Å². The van der Waals surface area contributed by atoms with Gasteiger partial charge in [-0.25, -0.2) is 0 Å². The summed E-state index contributed by atoms with van der Waals surface area (Å²) >= 11 is 0. The molecular weight excluding hydrogens is 334 g/mol. The van der Waals surface area contributed by atoms with Crippen molar-refractivity contribution in [1.82, 2.24) is 10.3 Å². The Balaban J connectivity index is 2.01. The van der Waals surface area contributed by atoms with Gasteiger partial charge in [0.2, 0.25) is 5.91 Å². The fraction of sp³-hybridized carbons (Fsp3) is 0.263. The first-order chi connectivity index (χ1) is 12.2. The minimum Gasteiger partial charge on any atom is -0.480 e. The zero-order valence-electron chi connectivity index (χ0n) is 14.9. The molecule has 0 bridgehead atoms. The number of nitrogens with zero attached hydrogens (tertiary/aromatic N) is 2. The van der Waals surface area contributed by atoms with Crippen LogP contribution in [-0.4, -0.2) is 34.9 Å². The largest absolute Gasteiger partial charge is 0.480 e. The highest BCUT2D eigenvalue weighted by atomic mass is 16.4. The molecule has 7 heteroatoms. The molecule has 0 saturated carbocycles. The van der Waals surface area contributed by atoms with E-state index in [0.29, 0.717) is 11.3 Å². The molecule has 26 heavy (non-hydrogen) atoms. The maximum atomic E-state index is 12.4. The monoisotopic (exact) mass is 355 g/mol. The van der Waals surface area contributed by atoms with Gasteiger partial charge < -0.3 is 15.3 Å². The van der Waals surface area contributed by atoms with Crippen molar-refractivity contribution in [2.24, 2.45) is 5.41 Å². The lowest BCUT2D eigenvalue weighted by Gasteiger charge is -2.19. The Morgan fingerprint density at radius 1 is 1.08 bits per heavy atom. The third-order valence-electron chi connectivity index (χ3n) is 4.11. The van der Waals surface area contributed by atoms with Crippen molar-refractivity contribution in [3.8, 4) is 0 Å². The zero-order chi connectivity index (χ0) is 19.3. The van der Waals surface area contributed by atoms with Gasteiger partial charge in [0.15, 0.2) is 0 Å². The first kappa shape index (κ1) is 19.1. The number of aromatic nitrogens is 1. The molecule has 0 saturated heterocycles. The van der Waals surface area contributed by atoms with Crippen LogP contribution in [0.25, 0.3) is 0 Å². The molecule has 2 rings (SSSR count). The second kappa shape index (κ2) is 7.77. The average molecular weight is 355 g/mol. The summed E-state index contributed by atoms with van der Waals surface area (Å²) in [5.74, 6) is -1.89. The van der Waals surface area contributed by atoms with Crippen molar-refractivity contribution >= 4 is 23.5 Å². The van der Waals surface area contributed by atoms with Crippen molar-refractivity contribution in [2.75, 3.05) is 11.9 Å². The van der Waals surface area contributed by atoms with Gasteiger partial charge in [-0.15, -0.1) is 0 Å². The minimum atomic E-state index is -1.49. The van der Waals surface area contributed by atoms with Gasteiger partial charge in [-0.3, -0.25) is 19.4 Å². The van der Waals surface area contributed by atoms with Gasteiger partial charge >= 0.3 is 5.97 Å². The van der Waals surface area contributed by atoms with Crippen LogP contribution >= 0.6 is 0 Å². The molecular formula is C19H21N3O4. The number of nitrogens with one attached hydrogen (secondary N) is 1. The summed E-state index contributed by atoms with van der Waals surface area (Å²) in [6.45, 7) is 2.92. The van der Waals surface area contributed by atoms with E-state index in [-0.39, 0.29) is 12.5 Å². The first-order valence-electron chi connectivity index (χ1n) is 8.02. The fourth-order valence-electron chi connectivity index (χ4n) is 2.14. The molecule has 2 amide bonds. The van der Waals surface area contributed by atoms with Crippen molar-refractivity contribution < 1.29 is 19.5 Å². The predicted molar refractivity (Wildman–Crippen MR) is 96.7 cm³/mol. The maximum Gasteiger partial charge on any atom is 0.318 e. The molecule has 136 valence electrons. The summed E-state index contributed by atoms with van der Waals surface area (Å²) in [6.07, 6.45) is 3.12. The van der Waals surface area contributed by atoms with Crippen LogP contribution in [0.1, 0.15) is 29.8 Å². The summed E-state index contributed by atoms with van der Waals surface area (Å²) in [6, 6.07) is 10.4. The Hall–Kier alpha value is -3.22. The SMILES string of the molecule is CN(C(=O)c1ccncc1)c1ccc(CNC(=O)C(C)(C)C(=O)O)cc1. The average Bonchev–Trinajstić information content (AvgIpc) is 2.65. The zero-order valence-corrected chi connectivity index (χ0v) is 14.9. The number of carbonyl (C=O) groups is 3. The van der Waals surface area contributed by atoms with Crippen molar-refractivity contribution in [2.45, 2.75) is 20.4 Å². The van der Waals surface area contributed by atoms with E-state index in [4.69, 9.17) is 5.11 Å². The van der Waals surface area contributed by atoms with Crippen LogP contribution in [0.15, 0.2) is 48.8 Å². The number of hydrogen-bond donors (Lipinski definition) is 2. The van der Waals surface area contributed by atoms with Crippen LogP contribution in [0.4, 0.5) is 5.69 Å². The summed E-state index contributed by atoms with van der Waals surface area (Å²) in [5.41, 5.74) is 0.549. The molecule has 2 aromatic rings. The fourth-order valence-corrected chi connectivity index (χ4v) is 2.14. The molecule has 0 radical (unpaired) electrons. The number of rotatable bonds is 6. The third-order valence-corrected chi connectivity index (χ3v) is 4.11. The second-order valence-electron chi connectivity index (χ2n) is 6.38. The maximum absolute atomic E-state index is 12.4. The quantitative estimate of drug-likeness (QED) is 0.773. The number of hydrogen-bond acceptors (Lipinski definition) is 4. The van der Waals surface area contributed by atoms with E-state index in [1.807, 2.05) is 0 Å². The number of amides is 2. The number of carboxylic acids is 1. The van der Waals surface area contributed by atoms with Gasteiger partial charge in [-0.2, -0.15) is 0 Å². The third kappa shape index (κ3) is 4.24. The van der Waals surface area contributed by atoms with E-state index in [1.165, 1.54) is 18.7 Å². The lowest BCUT2D eigenvalue weighted by Crippen LogP contribution is -2.41. The Bertz CT molecular complexity index is 801. The number of pyridine rings is 1. The molecule has 0 aliphatic heterocycles. The first-order valence-corrected chi connectivity index (χ1v) is 8.02. The molecule has 0 fully saturated rings. The molecule has 0 atom stereocenters. The van der Waals surface area contributed by atoms with Crippen LogP contribution in [-0.2, 0) is 16.1 Å². The van der Waals surface area contributed by atoms with E-state index < -0.39 is 17.3 Å². The number of anilines is 1. The van der Waals surface area contributed by atoms with E-state index in [9.17, 15) is 14.4 Å². The van der Waals surface area contributed by atoms with Gasteiger partial charge in [-0.1, -0.05) is 12.1 Å². The van der Waals surface area contributed by atoms with Gasteiger partial charge in [0.25, 0.3) is 5.91 Å². The van der Waals surface area contributed by atoms with Crippen LogP contribution in [0.5, 0.6) is 0 Å². The summed E-state index contributed by atoms with van der Waals surface area (Å²) in [7, 11) is 1.68. The van der Waals surface area contributed by atoms with E-state index >= 15 is 0 Å². The number of carbonyl (C=O) groups excluding carboxylic acids is 2. The lowest BCUT2D eigenvalue weighted by molar-refractivity contribution is -0.153. The summed E-state index contributed by atoms with van der Waals surface area (Å²) in [4.78, 5) is 40.8. The molecule has 1 heterocycles. The van der Waals surface area contributed by atoms with Crippen LogP contribution in [0.3, 0.4) is 0 Å².